The number of esters is 1. The van der Waals surface area contributed by atoms with Crippen molar-refractivity contribution in [1.82, 2.24) is 0 Å². The van der Waals surface area contributed by atoms with Crippen LogP contribution in [0.3, 0.4) is 0 Å². The highest BCUT2D eigenvalue weighted by molar-refractivity contribution is 5.75. The minimum atomic E-state index is -0.613. The standard InChI is InChI=1S/C12H22O3/c1-8(2)10(13)9(3)7-15-11(14)12(4,5)6/h9-10,13H,1,7H2,2-6H3/t9-,10-/m0/s1. The Balaban J connectivity index is 4.07. The van der Waals surface area contributed by atoms with Crippen LogP contribution in [-0.2, 0) is 9.53 Å². The second-order valence-electron chi connectivity index (χ2n) is 5.12. The molecule has 0 aromatic rings. The summed E-state index contributed by atoms with van der Waals surface area (Å²) >= 11 is 0. The quantitative estimate of drug-likeness (QED) is 0.576. The molecule has 0 spiro atoms. The minimum absolute atomic E-state index is 0.117. The predicted molar refractivity (Wildman–Crippen MR) is 60.4 cm³/mol. The summed E-state index contributed by atoms with van der Waals surface area (Å²) in [4.78, 5) is 11.4. The molecule has 0 aliphatic heterocycles. The SMILES string of the molecule is C=C(C)[C@H](O)[C@@H](C)COC(=O)C(C)(C)C. The molecule has 88 valence electrons. The maximum Gasteiger partial charge on any atom is 0.311 e. The van der Waals surface area contributed by atoms with E-state index in [9.17, 15) is 9.90 Å². The second-order valence-corrected chi connectivity index (χ2v) is 5.12. The van der Waals surface area contributed by atoms with Gasteiger partial charge in [-0.3, -0.25) is 4.79 Å². The van der Waals surface area contributed by atoms with Gasteiger partial charge in [0.25, 0.3) is 0 Å². The molecule has 0 fully saturated rings. The van der Waals surface area contributed by atoms with Crippen molar-refractivity contribution >= 4 is 5.97 Å². The van der Waals surface area contributed by atoms with E-state index in [4.69, 9.17) is 4.74 Å². The second kappa shape index (κ2) is 5.31. The lowest BCUT2D eigenvalue weighted by Crippen LogP contribution is -2.29. The molecule has 0 aromatic carbocycles. The van der Waals surface area contributed by atoms with Crippen LogP contribution in [0.2, 0.25) is 0 Å². The van der Waals surface area contributed by atoms with Crippen LogP contribution in [-0.4, -0.2) is 23.8 Å². The smallest absolute Gasteiger partial charge is 0.311 e. The van der Waals surface area contributed by atoms with Crippen molar-refractivity contribution < 1.29 is 14.6 Å². The summed E-state index contributed by atoms with van der Waals surface area (Å²) < 4.78 is 5.10. The fourth-order valence-corrected chi connectivity index (χ4v) is 1.00. The van der Waals surface area contributed by atoms with E-state index in [0.717, 1.165) is 0 Å². The highest BCUT2D eigenvalue weighted by Crippen LogP contribution is 2.17. The summed E-state index contributed by atoms with van der Waals surface area (Å²) in [5, 5.41) is 9.62. The number of hydrogen-bond acceptors (Lipinski definition) is 3. The van der Waals surface area contributed by atoms with Gasteiger partial charge in [0.2, 0.25) is 0 Å². The Morgan fingerprint density at radius 1 is 1.47 bits per heavy atom. The first-order valence-electron chi connectivity index (χ1n) is 5.17. The summed E-state index contributed by atoms with van der Waals surface area (Å²) in [5.41, 5.74) is 0.197. The average molecular weight is 214 g/mol. The van der Waals surface area contributed by atoms with E-state index >= 15 is 0 Å². The monoisotopic (exact) mass is 214 g/mol. The third kappa shape index (κ3) is 4.98. The third-order valence-electron chi connectivity index (χ3n) is 2.13. The fraction of sp³-hybridized carbons (Fsp3) is 0.750. The first kappa shape index (κ1) is 14.2. The Labute approximate surface area is 92.1 Å². The van der Waals surface area contributed by atoms with Gasteiger partial charge in [0.1, 0.15) is 0 Å². The van der Waals surface area contributed by atoms with Gasteiger partial charge in [0.05, 0.1) is 18.1 Å². The summed E-state index contributed by atoms with van der Waals surface area (Å²) in [7, 11) is 0. The van der Waals surface area contributed by atoms with Gasteiger partial charge in [-0.1, -0.05) is 19.1 Å². The lowest BCUT2D eigenvalue weighted by Gasteiger charge is -2.22. The molecule has 0 radical (unpaired) electrons. The number of carbonyl (C=O) groups excluding carboxylic acids is 1. The van der Waals surface area contributed by atoms with E-state index in [1.54, 1.807) is 27.7 Å². The van der Waals surface area contributed by atoms with E-state index in [1.807, 2.05) is 6.92 Å². The zero-order valence-electron chi connectivity index (χ0n) is 10.3. The van der Waals surface area contributed by atoms with Crippen LogP contribution in [0.25, 0.3) is 0 Å². The van der Waals surface area contributed by atoms with Crippen molar-refractivity contribution in [2.24, 2.45) is 11.3 Å². The van der Waals surface area contributed by atoms with Gasteiger partial charge < -0.3 is 9.84 Å². The Morgan fingerprint density at radius 2 is 1.93 bits per heavy atom. The largest absolute Gasteiger partial charge is 0.465 e. The van der Waals surface area contributed by atoms with Crippen molar-refractivity contribution in [3.05, 3.63) is 12.2 Å². The van der Waals surface area contributed by atoms with Crippen LogP contribution >= 0.6 is 0 Å². The van der Waals surface area contributed by atoms with Crippen LogP contribution in [0.15, 0.2) is 12.2 Å². The van der Waals surface area contributed by atoms with E-state index in [-0.39, 0.29) is 18.5 Å². The summed E-state index contributed by atoms with van der Waals surface area (Å²) in [6.45, 7) is 12.9. The molecule has 0 unspecified atom stereocenters. The number of rotatable bonds is 4. The average Bonchev–Trinajstić information content (AvgIpc) is 2.10. The maximum absolute atomic E-state index is 11.4. The van der Waals surface area contributed by atoms with E-state index in [2.05, 4.69) is 6.58 Å². The number of aliphatic hydroxyl groups excluding tert-OH is 1. The van der Waals surface area contributed by atoms with Gasteiger partial charge in [0.15, 0.2) is 0 Å². The van der Waals surface area contributed by atoms with E-state index in [1.165, 1.54) is 0 Å². The van der Waals surface area contributed by atoms with Gasteiger partial charge in [-0.25, -0.2) is 0 Å². The zero-order valence-corrected chi connectivity index (χ0v) is 10.3. The number of hydrogen-bond donors (Lipinski definition) is 1. The van der Waals surface area contributed by atoms with E-state index in [0.29, 0.717) is 5.57 Å². The molecule has 0 amide bonds. The molecule has 0 rings (SSSR count). The van der Waals surface area contributed by atoms with Crippen LogP contribution in [0, 0.1) is 11.3 Å². The number of carbonyl (C=O) groups is 1. The maximum atomic E-state index is 11.4. The van der Waals surface area contributed by atoms with Crippen molar-refractivity contribution in [2.45, 2.75) is 40.7 Å². The predicted octanol–water partition coefficient (Wildman–Crippen LogP) is 2.15. The Hall–Kier alpha value is -0.830. The highest BCUT2D eigenvalue weighted by Gasteiger charge is 2.24. The summed E-state index contributed by atoms with van der Waals surface area (Å²) in [6.07, 6.45) is -0.613. The third-order valence-corrected chi connectivity index (χ3v) is 2.13. The van der Waals surface area contributed by atoms with Crippen molar-refractivity contribution in [1.29, 1.82) is 0 Å². The van der Waals surface area contributed by atoms with Crippen LogP contribution < -0.4 is 0 Å². The molecule has 1 N–H and O–H groups in total. The lowest BCUT2D eigenvalue weighted by molar-refractivity contribution is -0.155. The van der Waals surface area contributed by atoms with Gasteiger partial charge in [-0.15, -0.1) is 0 Å². The topological polar surface area (TPSA) is 46.5 Å². The molecular formula is C12H22O3. The molecule has 0 saturated heterocycles. The number of ether oxygens (including phenoxy) is 1. The lowest BCUT2D eigenvalue weighted by atomic mass is 9.97. The molecule has 15 heavy (non-hydrogen) atoms. The van der Waals surface area contributed by atoms with Crippen molar-refractivity contribution in [3.63, 3.8) is 0 Å². The number of aliphatic hydroxyl groups is 1. The zero-order chi connectivity index (χ0) is 12.2. The molecule has 3 heteroatoms. The molecule has 0 saturated carbocycles. The molecule has 0 aliphatic rings. The Kier molecular flexibility index (Phi) is 5.01. The first-order valence-corrected chi connectivity index (χ1v) is 5.17. The Bertz CT molecular complexity index is 238. The Morgan fingerprint density at radius 3 is 2.27 bits per heavy atom. The summed E-state index contributed by atoms with van der Waals surface area (Å²) in [5.74, 6) is -0.364. The molecule has 0 heterocycles. The fourth-order valence-electron chi connectivity index (χ4n) is 1.00. The normalized spacial score (nSPS) is 15.6. The molecule has 3 nitrogen and oxygen atoms in total. The van der Waals surface area contributed by atoms with Gasteiger partial charge >= 0.3 is 5.97 Å². The highest BCUT2D eigenvalue weighted by atomic mass is 16.5. The van der Waals surface area contributed by atoms with Crippen LogP contribution in [0.5, 0.6) is 0 Å². The molecule has 0 aliphatic carbocycles. The van der Waals surface area contributed by atoms with E-state index < -0.39 is 11.5 Å². The minimum Gasteiger partial charge on any atom is -0.465 e. The van der Waals surface area contributed by atoms with Crippen molar-refractivity contribution in [3.8, 4) is 0 Å². The van der Waals surface area contributed by atoms with Crippen molar-refractivity contribution in [2.75, 3.05) is 6.61 Å². The van der Waals surface area contributed by atoms with Gasteiger partial charge in [-0.05, 0) is 27.7 Å². The van der Waals surface area contributed by atoms with Crippen LogP contribution in [0.1, 0.15) is 34.6 Å². The molecule has 0 aromatic heterocycles. The van der Waals surface area contributed by atoms with Gasteiger partial charge in [0, 0.05) is 5.92 Å². The molecular weight excluding hydrogens is 192 g/mol. The van der Waals surface area contributed by atoms with Gasteiger partial charge in [-0.2, -0.15) is 0 Å². The van der Waals surface area contributed by atoms with Crippen LogP contribution in [0.4, 0.5) is 0 Å². The summed E-state index contributed by atoms with van der Waals surface area (Å²) in [6, 6.07) is 0. The first-order chi connectivity index (χ1) is 6.66. The molecule has 0 bridgehead atoms. The molecule has 2 atom stereocenters.